The molecule has 2 radical (unpaired) electrons. The molecule has 4 heteroatoms. The van der Waals surface area contributed by atoms with Gasteiger partial charge < -0.3 is 0 Å². The minimum atomic E-state index is -0.804. The molecule has 0 saturated carbocycles. The van der Waals surface area contributed by atoms with E-state index in [0.29, 0.717) is 0 Å². The van der Waals surface area contributed by atoms with Gasteiger partial charge in [-0.1, -0.05) is 0 Å². The molecule has 0 aromatic heterocycles. The Kier molecular flexibility index (Phi) is 8.20. The van der Waals surface area contributed by atoms with E-state index in [1.807, 2.05) is 0 Å². The standard InChI is InChI=1S/C4H9.C2H4O2S.Sn/c1-3-4-2;3-2(4)1-5;/h1,3-4H2,2H3;5H,1H2,(H,3,4);/q;;+1/p-1. The number of hydrogen-bond acceptors (Lipinski definition) is 3. The second kappa shape index (κ2) is 7.72. The first-order valence-corrected chi connectivity index (χ1v) is 7.16. The van der Waals surface area contributed by atoms with Crippen LogP contribution < -0.4 is 0 Å². The van der Waals surface area contributed by atoms with Crippen molar-refractivity contribution >= 4 is 40.2 Å². The zero-order valence-corrected chi connectivity index (χ0v) is 9.84. The van der Waals surface area contributed by atoms with E-state index in [1.165, 1.54) is 12.8 Å². The summed E-state index contributed by atoms with van der Waals surface area (Å²) in [4.78, 5) is 10.5. The number of hydrogen-bond donors (Lipinski definition) is 1. The zero-order chi connectivity index (χ0) is 7.82. The van der Waals surface area contributed by atoms with Gasteiger partial charge in [0.1, 0.15) is 0 Å². The van der Waals surface area contributed by atoms with Crippen LogP contribution in [0.15, 0.2) is 0 Å². The van der Waals surface area contributed by atoms with Crippen molar-refractivity contribution in [2.24, 2.45) is 0 Å². The van der Waals surface area contributed by atoms with E-state index in [1.54, 1.807) is 0 Å². The molecule has 0 saturated heterocycles. The van der Waals surface area contributed by atoms with Gasteiger partial charge in [-0.3, -0.25) is 0 Å². The Morgan fingerprint density at radius 3 is 2.90 bits per heavy atom. The summed E-state index contributed by atoms with van der Waals surface area (Å²) in [6.45, 7) is 2.14. The van der Waals surface area contributed by atoms with E-state index in [4.69, 9.17) is 3.07 Å². The molecule has 0 rings (SSSR count). The molecular weight excluding hydrogens is 255 g/mol. The van der Waals surface area contributed by atoms with Crippen molar-refractivity contribution in [1.29, 1.82) is 0 Å². The Morgan fingerprint density at radius 1 is 1.70 bits per heavy atom. The van der Waals surface area contributed by atoms with Crippen molar-refractivity contribution in [2.45, 2.75) is 24.2 Å². The summed E-state index contributed by atoms with van der Waals surface area (Å²) in [5, 5.41) is 0. The van der Waals surface area contributed by atoms with Gasteiger partial charge in [-0.05, 0) is 0 Å². The van der Waals surface area contributed by atoms with Gasteiger partial charge in [0.05, 0.1) is 0 Å². The average molecular weight is 267 g/mol. The summed E-state index contributed by atoms with van der Waals surface area (Å²) in [6, 6.07) is 0. The third kappa shape index (κ3) is 6.73. The van der Waals surface area contributed by atoms with Crippen LogP contribution in [0.3, 0.4) is 0 Å². The normalized spacial score (nSPS) is 9.40. The second-order valence-electron chi connectivity index (χ2n) is 1.88. The molecule has 0 aliphatic heterocycles. The molecule has 0 spiro atoms. The van der Waals surface area contributed by atoms with Crippen molar-refractivity contribution in [3.05, 3.63) is 0 Å². The Bertz CT molecular complexity index is 97.7. The molecule has 0 aliphatic rings. The monoisotopic (exact) mass is 268 g/mol. The fourth-order valence-electron chi connectivity index (χ4n) is 0.413. The van der Waals surface area contributed by atoms with E-state index in [2.05, 4.69) is 19.6 Å². The Morgan fingerprint density at radius 2 is 2.40 bits per heavy atom. The number of thiol groups is 1. The van der Waals surface area contributed by atoms with Crippen LogP contribution in [0.2, 0.25) is 4.44 Å². The number of rotatable bonds is 5. The summed E-state index contributed by atoms with van der Waals surface area (Å²) in [5.41, 5.74) is 0. The van der Waals surface area contributed by atoms with Gasteiger partial charge in [0.15, 0.2) is 0 Å². The quantitative estimate of drug-likeness (QED) is 0.461. The number of unbranched alkanes of at least 4 members (excludes halogenated alkanes) is 1. The van der Waals surface area contributed by atoms with Gasteiger partial charge in [0.25, 0.3) is 0 Å². The summed E-state index contributed by atoms with van der Waals surface area (Å²) in [6.07, 6.45) is 2.39. The van der Waals surface area contributed by atoms with E-state index in [9.17, 15) is 4.79 Å². The molecule has 58 valence electrons. The molecule has 0 heterocycles. The van der Waals surface area contributed by atoms with Gasteiger partial charge in [0, 0.05) is 0 Å². The summed E-state index contributed by atoms with van der Waals surface area (Å²) >= 11 is 2.99. The van der Waals surface area contributed by atoms with Gasteiger partial charge in [0.2, 0.25) is 0 Å². The third-order valence-corrected chi connectivity index (χ3v) is 3.86. The van der Waals surface area contributed by atoms with Gasteiger partial charge in [-0.25, -0.2) is 0 Å². The van der Waals surface area contributed by atoms with Crippen LogP contribution >= 0.6 is 12.6 Å². The first-order chi connectivity index (χ1) is 4.81. The summed E-state index contributed by atoms with van der Waals surface area (Å²) in [7, 11) is 0. The van der Waals surface area contributed by atoms with Crippen LogP contribution in [-0.2, 0) is 7.87 Å². The Labute approximate surface area is 77.9 Å². The molecule has 2 nitrogen and oxygen atoms in total. The first kappa shape index (κ1) is 10.6. The molecular formula is C6H12O2SSn. The fourth-order valence-corrected chi connectivity index (χ4v) is 3.20. The third-order valence-electron chi connectivity index (χ3n) is 0.947. The first-order valence-electron chi connectivity index (χ1n) is 3.34. The van der Waals surface area contributed by atoms with Gasteiger partial charge in [-0.15, -0.1) is 0 Å². The van der Waals surface area contributed by atoms with Crippen LogP contribution in [0.1, 0.15) is 19.8 Å². The maximum atomic E-state index is 10.5. The SMILES string of the molecule is CCC[CH2][Sn][O]C(=O)CS. The van der Waals surface area contributed by atoms with E-state index >= 15 is 0 Å². The molecule has 0 N–H and O–H groups in total. The predicted molar refractivity (Wildman–Crippen MR) is 45.4 cm³/mol. The maximum absolute atomic E-state index is 10.5. The minimum absolute atomic E-state index is 0.147. The second-order valence-corrected chi connectivity index (χ2v) is 5.03. The molecule has 10 heavy (non-hydrogen) atoms. The number of carbonyl (C=O) groups excluding carboxylic acids is 1. The summed E-state index contributed by atoms with van der Waals surface area (Å²) < 4.78 is 6.09. The average Bonchev–Trinajstić information content (AvgIpc) is 1.98. The Balaban J connectivity index is 2.96. The molecule has 0 atom stereocenters. The van der Waals surface area contributed by atoms with Gasteiger partial charge in [-0.2, -0.15) is 0 Å². The van der Waals surface area contributed by atoms with Crippen molar-refractivity contribution < 1.29 is 7.87 Å². The van der Waals surface area contributed by atoms with Crippen molar-refractivity contribution in [1.82, 2.24) is 0 Å². The molecule has 0 bridgehead atoms. The topological polar surface area (TPSA) is 26.3 Å². The molecule has 0 aromatic carbocycles. The van der Waals surface area contributed by atoms with E-state index in [-0.39, 0.29) is 11.7 Å². The molecule has 0 fully saturated rings. The fraction of sp³-hybridized carbons (Fsp3) is 0.833. The molecule has 0 aromatic rings. The van der Waals surface area contributed by atoms with Crippen molar-refractivity contribution in [3.63, 3.8) is 0 Å². The van der Waals surface area contributed by atoms with Gasteiger partial charge >= 0.3 is 78.0 Å². The van der Waals surface area contributed by atoms with Crippen LogP contribution in [0.4, 0.5) is 0 Å². The van der Waals surface area contributed by atoms with Crippen LogP contribution in [0.5, 0.6) is 0 Å². The summed E-state index contributed by atoms with van der Waals surface area (Å²) in [5.74, 6) is 0.0819. The predicted octanol–water partition coefficient (Wildman–Crippen LogP) is 1.30. The molecule has 0 aliphatic carbocycles. The van der Waals surface area contributed by atoms with Crippen molar-refractivity contribution in [3.8, 4) is 0 Å². The van der Waals surface area contributed by atoms with Crippen LogP contribution in [0, 0.1) is 0 Å². The van der Waals surface area contributed by atoms with Crippen LogP contribution in [-0.4, -0.2) is 33.3 Å². The van der Waals surface area contributed by atoms with E-state index < -0.39 is 21.6 Å². The van der Waals surface area contributed by atoms with Crippen molar-refractivity contribution in [2.75, 3.05) is 5.75 Å². The number of carbonyl (C=O) groups is 1. The Hall–Kier alpha value is 0.619. The molecule has 0 unspecified atom stereocenters. The zero-order valence-electron chi connectivity index (χ0n) is 6.09. The molecule has 0 amide bonds. The van der Waals surface area contributed by atoms with Crippen LogP contribution in [0.25, 0.3) is 0 Å². The van der Waals surface area contributed by atoms with E-state index in [0.717, 1.165) is 4.44 Å².